The van der Waals surface area contributed by atoms with Gasteiger partial charge >= 0.3 is 0 Å². The number of rotatable bonds is 5. The number of hydrogen-bond donors (Lipinski definition) is 1. The molecule has 27 heavy (non-hydrogen) atoms. The van der Waals surface area contributed by atoms with Gasteiger partial charge in [0.05, 0.1) is 16.7 Å². The summed E-state index contributed by atoms with van der Waals surface area (Å²) in [6.07, 6.45) is 4.15. The van der Waals surface area contributed by atoms with E-state index in [9.17, 15) is 0 Å². The van der Waals surface area contributed by atoms with Crippen molar-refractivity contribution in [1.29, 1.82) is 0 Å². The molecule has 1 aliphatic heterocycles. The Morgan fingerprint density at radius 3 is 2.63 bits per heavy atom. The molecular weight excluding hydrogens is 381 g/mol. The zero-order chi connectivity index (χ0) is 18.8. The number of nitrogens with zero attached hydrogens (tertiary/aromatic N) is 2. The Morgan fingerprint density at radius 1 is 1.19 bits per heavy atom. The van der Waals surface area contributed by atoms with Crippen LogP contribution in [0.5, 0.6) is 0 Å². The van der Waals surface area contributed by atoms with Gasteiger partial charge in [0.1, 0.15) is 5.52 Å². The van der Waals surface area contributed by atoms with Crippen molar-refractivity contribution in [2.75, 3.05) is 33.4 Å². The van der Waals surface area contributed by atoms with Crippen molar-refractivity contribution in [2.24, 2.45) is 0 Å². The third-order valence-electron chi connectivity index (χ3n) is 5.51. The molecule has 0 aliphatic carbocycles. The summed E-state index contributed by atoms with van der Waals surface area (Å²) in [7, 11) is 1.76. The van der Waals surface area contributed by atoms with Crippen molar-refractivity contribution >= 4 is 34.1 Å². The van der Waals surface area contributed by atoms with Crippen LogP contribution < -0.4 is 0 Å². The molecule has 0 amide bonds. The number of nitrogens with one attached hydrogen (secondary N) is 1. The fourth-order valence-corrected chi connectivity index (χ4v) is 4.45. The molecule has 2 heterocycles. The normalized spacial score (nSPS) is 16.3. The number of aromatic nitrogens is 2. The highest BCUT2D eigenvalue weighted by atomic mass is 35.5. The monoisotopic (exact) mass is 403 g/mol. The predicted octanol–water partition coefficient (Wildman–Crippen LogP) is 5.36. The quantitative estimate of drug-likeness (QED) is 0.622. The smallest absolute Gasteiger partial charge is 0.113 e. The van der Waals surface area contributed by atoms with Gasteiger partial charge in [0.2, 0.25) is 0 Å². The molecule has 4 nitrogen and oxygen atoms in total. The molecule has 1 aliphatic rings. The summed E-state index contributed by atoms with van der Waals surface area (Å²) >= 11 is 13.0. The van der Waals surface area contributed by atoms with Crippen LogP contribution in [0.1, 0.15) is 24.3 Å². The van der Waals surface area contributed by atoms with E-state index in [0.717, 1.165) is 42.8 Å². The lowest BCUT2D eigenvalue weighted by atomic mass is 9.88. The molecule has 0 spiro atoms. The van der Waals surface area contributed by atoms with Gasteiger partial charge < -0.3 is 9.64 Å². The molecule has 4 rings (SSSR count). The summed E-state index contributed by atoms with van der Waals surface area (Å²) < 4.78 is 5.18. The Morgan fingerprint density at radius 2 is 1.93 bits per heavy atom. The summed E-state index contributed by atoms with van der Waals surface area (Å²) in [5.41, 5.74) is 4.09. The van der Waals surface area contributed by atoms with Gasteiger partial charge in [-0.3, -0.25) is 5.10 Å². The number of fused-ring (bicyclic) bond motifs is 1. The third kappa shape index (κ3) is 3.85. The maximum absolute atomic E-state index is 6.58. The van der Waals surface area contributed by atoms with E-state index in [1.165, 1.54) is 18.4 Å². The van der Waals surface area contributed by atoms with E-state index in [0.29, 0.717) is 21.5 Å². The molecule has 0 unspecified atom stereocenters. The highest BCUT2D eigenvalue weighted by Crippen LogP contribution is 2.38. The molecule has 142 valence electrons. The summed E-state index contributed by atoms with van der Waals surface area (Å²) in [6.45, 7) is 4.10. The van der Waals surface area contributed by atoms with Crippen LogP contribution >= 0.6 is 23.2 Å². The Bertz CT molecular complexity index is 915. The lowest BCUT2D eigenvalue weighted by Gasteiger charge is -2.32. The highest BCUT2D eigenvalue weighted by molar-refractivity contribution is 6.42. The van der Waals surface area contributed by atoms with E-state index in [1.54, 1.807) is 13.3 Å². The number of benzene rings is 2. The average Bonchev–Trinajstić information content (AvgIpc) is 3.21. The largest absolute Gasteiger partial charge is 0.383 e. The van der Waals surface area contributed by atoms with Crippen molar-refractivity contribution in [2.45, 2.75) is 18.8 Å². The van der Waals surface area contributed by atoms with E-state index in [2.05, 4.69) is 39.4 Å². The zero-order valence-electron chi connectivity index (χ0n) is 15.3. The zero-order valence-corrected chi connectivity index (χ0v) is 16.9. The van der Waals surface area contributed by atoms with Gasteiger partial charge in [-0.25, -0.2) is 0 Å². The topological polar surface area (TPSA) is 41.1 Å². The Kier molecular flexibility index (Phi) is 5.69. The van der Waals surface area contributed by atoms with Crippen LogP contribution in [0.15, 0.2) is 36.5 Å². The minimum atomic E-state index is 0.616. The van der Waals surface area contributed by atoms with Crippen molar-refractivity contribution < 1.29 is 4.74 Å². The number of H-pyrrole nitrogens is 1. The maximum atomic E-state index is 6.58. The molecular formula is C21H23Cl2N3O. The van der Waals surface area contributed by atoms with E-state index < -0.39 is 0 Å². The summed E-state index contributed by atoms with van der Waals surface area (Å²) in [5.74, 6) is 0.616. The molecule has 2 aromatic carbocycles. The number of halogens is 2. The van der Waals surface area contributed by atoms with Gasteiger partial charge in [-0.05, 0) is 49.0 Å². The lowest BCUT2D eigenvalue weighted by Crippen LogP contribution is -2.35. The number of likely N-dealkylation sites (tertiary alicyclic amines) is 1. The van der Waals surface area contributed by atoms with E-state index in [1.807, 2.05) is 6.07 Å². The Labute approximate surface area is 169 Å². The van der Waals surface area contributed by atoms with Crippen LogP contribution in [0, 0.1) is 0 Å². The van der Waals surface area contributed by atoms with Gasteiger partial charge in [0.25, 0.3) is 0 Å². The number of ether oxygens (including phenoxy) is 1. The first-order valence-corrected chi connectivity index (χ1v) is 10.1. The molecule has 0 atom stereocenters. The first-order valence-electron chi connectivity index (χ1n) is 9.30. The SMILES string of the molecule is COCCN1CCC(c2ccc(-c3cc(Cl)c4c[nH]nc4c3Cl)cc2)CC1. The molecule has 0 bridgehead atoms. The second kappa shape index (κ2) is 8.19. The Hall–Kier alpha value is -1.59. The molecule has 1 saturated heterocycles. The molecule has 3 aromatic rings. The van der Waals surface area contributed by atoms with Crippen LogP contribution in [0.25, 0.3) is 22.0 Å². The van der Waals surface area contributed by atoms with E-state index >= 15 is 0 Å². The van der Waals surface area contributed by atoms with Crippen molar-refractivity contribution in [3.8, 4) is 11.1 Å². The fraction of sp³-hybridized carbons (Fsp3) is 0.381. The van der Waals surface area contributed by atoms with Crippen LogP contribution in [0.4, 0.5) is 0 Å². The highest BCUT2D eigenvalue weighted by Gasteiger charge is 2.20. The average molecular weight is 404 g/mol. The van der Waals surface area contributed by atoms with Gasteiger partial charge in [-0.15, -0.1) is 0 Å². The van der Waals surface area contributed by atoms with Crippen LogP contribution in [-0.4, -0.2) is 48.4 Å². The predicted molar refractivity (Wildman–Crippen MR) is 112 cm³/mol. The maximum Gasteiger partial charge on any atom is 0.113 e. The number of hydrogen-bond acceptors (Lipinski definition) is 3. The van der Waals surface area contributed by atoms with Crippen LogP contribution in [0.3, 0.4) is 0 Å². The van der Waals surface area contributed by atoms with Crippen molar-refractivity contribution in [3.63, 3.8) is 0 Å². The molecule has 6 heteroatoms. The minimum absolute atomic E-state index is 0.616. The molecule has 1 N–H and O–H groups in total. The number of methoxy groups -OCH3 is 1. The summed E-state index contributed by atoms with van der Waals surface area (Å²) in [4.78, 5) is 2.48. The number of piperidine rings is 1. The van der Waals surface area contributed by atoms with Gasteiger partial charge in [0.15, 0.2) is 0 Å². The summed E-state index contributed by atoms with van der Waals surface area (Å²) in [5, 5.41) is 9.21. The van der Waals surface area contributed by atoms with Gasteiger partial charge in [0, 0.05) is 30.8 Å². The summed E-state index contributed by atoms with van der Waals surface area (Å²) in [6, 6.07) is 10.7. The van der Waals surface area contributed by atoms with Crippen LogP contribution in [-0.2, 0) is 4.74 Å². The van der Waals surface area contributed by atoms with Crippen molar-refractivity contribution in [3.05, 3.63) is 52.1 Å². The standard InChI is InChI=1S/C21H23Cl2N3O/c1-27-11-10-26-8-6-15(7-9-26)14-2-4-16(5-3-14)17-12-19(22)18-13-24-25-21(18)20(17)23/h2-5,12-13,15H,6-11H2,1H3,(H,24,25). The number of aromatic amines is 1. The van der Waals surface area contributed by atoms with Crippen molar-refractivity contribution in [1.82, 2.24) is 15.1 Å². The fourth-order valence-electron chi connectivity index (χ4n) is 3.89. The van der Waals surface area contributed by atoms with Gasteiger partial charge in [-0.2, -0.15) is 5.10 Å². The van der Waals surface area contributed by atoms with E-state index in [4.69, 9.17) is 27.9 Å². The minimum Gasteiger partial charge on any atom is -0.383 e. The molecule has 1 fully saturated rings. The molecule has 0 saturated carbocycles. The molecule has 1 aromatic heterocycles. The lowest BCUT2D eigenvalue weighted by molar-refractivity contribution is 0.130. The first-order chi connectivity index (χ1) is 13.2. The van der Waals surface area contributed by atoms with Crippen LogP contribution in [0.2, 0.25) is 10.0 Å². The van der Waals surface area contributed by atoms with E-state index in [-0.39, 0.29) is 0 Å². The third-order valence-corrected chi connectivity index (χ3v) is 6.20. The first kappa shape index (κ1) is 18.8. The Balaban J connectivity index is 1.51. The second-order valence-electron chi connectivity index (χ2n) is 7.10. The van der Waals surface area contributed by atoms with Gasteiger partial charge in [-0.1, -0.05) is 47.5 Å². The second-order valence-corrected chi connectivity index (χ2v) is 7.88. The molecule has 0 radical (unpaired) electrons.